The van der Waals surface area contributed by atoms with Gasteiger partial charge < -0.3 is 0 Å². The lowest BCUT2D eigenvalue weighted by molar-refractivity contribution is -0.122. The lowest BCUT2D eigenvalue weighted by Gasteiger charge is -2.19. The molecule has 0 fully saturated rings. The molecule has 5 heteroatoms. The van der Waals surface area contributed by atoms with E-state index in [9.17, 15) is 4.79 Å². The van der Waals surface area contributed by atoms with Crippen molar-refractivity contribution in [1.29, 1.82) is 0 Å². The minimum atomic E-state index is -0.317. The summed E-state index contributed by atoms with van der Waals surface area (Å²) in [6.07, 6.45) is 4.15. The minimum absolute atomic E-state index is 0.103. The maximum atomic E-state index is 11.1. The molecule has 0 radical (unpaired) electrons. The first-order valence-electron chi connectivity index (χ1n) is 4.77. The molecule has 2 N–H and O–H groups in total. The Labute approximate surface area is 87.6 Å². The molecule has 2 heterocycles. The van der Waals surface area contributed by atoms with Crippen LogP contribution in [0.3, 0.4) is 0 Å². The number of carbonyl (C=O) groups excluding carboxylic acids is 1. The maximum Gasteiger partial charge on any atom is 0.262 e. The smallest absolute Gasteiger partial charge is 0.262 e. The highest BCUT2D eigenvalue weighted by molar-refractivity contribution is 5.94. The van der Waals surface area contributed by atoms with Gasteiger partial charge in [-0.05, 0) is 24.6 Å². The second-order valence-electron chi connectivity index (χ2n) is 3.40. The normalized spacial score (nSPS) is 20.2. The lowest BCUT2D eigenvalue weighted by Crippen LogP contribution is -2.50. The Hall–Kier alpha value is -1.91. The van der Waals surface area contributed by atoms with Crippen LogP contribution in [0.2, 0.25) is 0 Å². The Morgan fingerprint density at radius 1 is 1.33 bits per heavy atom. The molecule has 1 aliphatic rings. The summed E-state index contributed by atoms with van der Waals surface area (Å²) in [6, 6.07) is 3.53. The number of rotatable bonds is 2. The molecule has 1 unspecified atom stereocenters. The van der Waals surface area contributed by atoms with Gasteiger partial charge in [0.05, 0.1) is 0 Å². The summed E-state index contributed by atoms with van der Waals surface area (Å²) < 4.78 is 0. The Bertz CT molecular complexity index is 388. The first-order valence-corrected chi connectivity index (χ1v) is 4.77. The predicted molar refractivity (Wildman–Crippen MR) is 56.1 cm³/mol. The topological polar surface area (TPSA) is 66.4 Å². The van der Waals surface area contributed by atoms with Crippen LogP contribution in [0, 0.1) is 0 Å². The van der Waals surface area contributed by atoms with Gasteiger partial charge in [-0.2, -0.15) is 0 Å². The van der Waals surface area contributed by atoms with E-state index < -0.39 is 0 Å². The number of nitrogens with one attached hydrogen (secondary N) is 2. The van der Waals surface area contributed by atoms with Gasteiger partial charge in [-0.1, -0.05) is 0 Å². The average Bonchev–Trinajstić information content (AvgIpc) is 2.25. The fourth-order valence-corrected chi connectivity index (χ4v) is 1.35. The van der Waals surface area contributed by atoms with Crippen molar-refractivity contribution in [2.24, 2.45) is 4.99 Å². The van der Waals surface area contributed by atoms with Crippen LogP contribution >= 0.6 is 0 Å². The zero-order valence-corrected chi connectivity index (χ0v) is 8.40. The first kappa shape index (κ1) is 9.64. The second-order valence-corrected chi connectivity index (χ2v) is 3.40. The van der Waals surface area contributed by atoms with Crippen LogP contribution in [0.1, 0.15) is 12.5 Å². The number of carbonyl (C=O) groups is 1. The number of hydrogen-bond acceptors (Lipinski definition) is 4. The molecule has 0 saturated carbocycles. The van der Waals surface area contributed by atoms with E-state index in [2.05, 4.69) is 20.8 Å². The van der Waals surface area contributed by atoms with Gasteiger partial charge in [0.25, 0.3) is 5.91 Å². The Morgan fingerprint density at radius 2 is 2.07 bits per heavy atom. The van der Waals surface area contributed by atoms with Crippen molar-refractivity contribution in [3.63, 3.8) is 0 Å². The van der Waals surface area contributed by atoms with Crippen LogP contribution in [0.15, 0.2) is 29.5 Å². The van der Waals surface area contributed by atoms with Gasteiger partial charge in [-0.3, -0.25) is 25.6 Å². The Morgan fingerprint density at radius 3 is 2.73 bits per heavy atom. The quantitative estimate of drug-likeness (QED) is 0.715. The van der Waals surface area contributed by atoms with Crippen molar-refractivity contribution in [1.82, 2.24) is 15.8 Å². The number of nitrogens with zero attached hydrogens (tertiary/aromatic N) is 2. The van der Waals surface area contributed by atoms with E-state index >= 15 is 0 Å². The number of aromatic nitrogens is 1. The second kappa shape index (κ2) is 4.08. The van der Waals surface area contributed by atoms with Crippen LogP contribution in [-0.4, -0.2) is 22.8 Å². The average molecular weight is 204 g/mol. The van der Waals surface area contributed by atoms with Gasteiger partial charge in [0.1, 0.15) is 11.9 Å². The van der Waals surface area contributed by atoms with E-state index in [1.54, 1.807) is 19.3 Å². The maximum absolute atomic E-state index is 11.1. The van der Waals surface area contributed by atoms with E-state index in [0.29, 0.717) is 6.42 Å². The van der Waals surface area contributed by atoms with E-state index in [0.717, 1.165) is 11.4 Å². The van der Waals surface area contributed by atoms with Crippen LogP contribution in [0.25, 0.3) is 0 Å². The number of amides is 1. The summed E-state index contributed by atoms with van der Waals surface area (Å²) in [5.41, 5.74) is 6.46. The van der Waals surface area contributed by atoms with E-state index in [4.69, 9.17) is 0 Å². The molecule has 0 spiro atoms. The predicted octanol–water partition coefficient (Wildman–Crippen LogP) is 0.0455. The van der Waals surface area contributed by atoms with Crippen LogP contribution in [-0.2, 0) is 11.2 Å². The molecule has 1 aromatic heterocycles. The summed E-state index contributed by atoms with van der Waals surface area (Å²) in [7, 11) is 0. The third-order valence-corrected chi connectivity index (χ3v) is 2.18. The van der Waals surface area contributed by atoms with Gasteiger partial charge in [0.15, 0.2) is 0 Å². The van der Waals surface area contributed by atoms with E-state index in [1.165, 1.54) is 0 Å². The van der Waals surface area contributed by atoms with Crippen LogP contribution < -0.4 is 10.9 Å². The highest BCUT2D eigenvalue weighted by Gasteiger charge is 2.17. The first-order chi connectivity index (χ1) is 7.25. The van der Waals surface area contributed by atoms with Crippen LogP contribution in [0.4, 0.5) is 0 Å². The molecule has 1 amide bonds. The third kappa shape index (κ3) is 2.31. The highest BCUT2D eigenvalue weighted by Crippen LogP contribution is 2.02. The molecular weight excluding hydrogens is 192 g/mol. The van der Waals surface area contributed by atoms with Crippen molar-refractivity contribution in [2.75, 3.05) is 0 Å². The molecule has 5 nitrogen and oxygen atoms in total. The number of aliphatic imine (C=N–C) groups is 1. The number of hydrazine groups is 1. The number of hydrogen-bond donors (Lipinski definition) is 2. The monoisotopic (exact) mass is 204 g/mol. The molecular formula is C10H12N4O. The van der Waals surface area contributed by atoms with Crippen molar-refractivity contribution >= 4 is 11.7 Å². The largest absolute Gasteiger partial charge is 0.285 e. The molecule has 2 rings (SSSR count). The third-order valence-electron chi connectivity index (χ3n) is 2.18. The fourth-order valence-electron chi connectivity index (χ4n) is 1.35. The molecule has 1 atom stereocenters. The summed E-state index contributed by atoms with van der Waals surface area (Å²) in [6.45, 7) is 1.77. The summed E-state index contributed by atoms with van der Waals surface area (Å²) in [5, 5.41) is 0. The number of amidine groups is 1. The zero-order valence-electron chi connectivity index (χ0n) is 8.40. The molecule has 0 saturated heterocycles. The lowest BCUT2D eigenvalue weighted by atomic mass is 10.2. The summed E-state index contributed by atoms with van der Waals surface area (Å²) >= 11 is 0. The standard InChI is InChI=1S/C10H12N4O/c1-7-10(15)14-13-9(12-7)6-8-2-4-11-5-3-8/h2-5,7H,6H2,1H3,(H,12,13)(H,14,15). The van der Waals surface area contributed by atoms with Gasteiger partial charge in [-0.25, -0.2) is 0 Å². The molecule has 78 valence electrons. The van der Waals surface area contributed by atoms with Gasteiger partial charge in [0.2, 0.25) is 0 Å². The Balaban J connectivity index is 2.08. The molecule has 15 heavy (non-hydrogen) atoms. The Kier molecular flexibility index (Phi) is 2.62. The molecule has 1 aliphatic heterocycles. The van der Waals surface area contributed by atoms with Gasteiger partial charge in [-0.15, -0.1) is 0 Å². The van der Waals surface area contributed by atoms with Crippen molar-refractivity contribution in [3.05, 3.63) is 30.1 Å². The summed E-state index contributed by atoms with van der Waals surface area (Å²) in [5.74, 6) is 0.668. The zero-order chi connectivity index (χ0) is 10.7. The van der Waals surface area contributed by atoms with E-state index in [1.807, 2.05) is 12.1 Å². The van der Waals surface area contributed by atoms with Gasteiger partial charge >= 0.3 is 0 Å². The highest BCUT2D eigenvalue weighted by atomic mass is 16.2. The molecule has 0 bridgehead atoms. The van der Waals surface area contributed by atoms with Gasteiger partial charge in [0, 0.05) is 18.8 Å². The molecule has 0 aromatic carbocycles. The summed E-state index contributed by atoms with van der Waals surface area (Å²) in [4.78, 5) is 19.3. The van der Waals surface area contributed by atoms with Crippen molar-refractivity contribution in [3.8, 4) is 0 Å². The SMILES string of the molecule is CC1N=C(Cc2ccncc2)NNC1=O. The van der Waals surface area contributed by atoms with E-state index in [-0.39, 0.29) is 11.9 Å². The van der Waals surface area contributed by atoms with Crippen molar-refractivity contribution < 1.29 is 4.79 Å². The fraction of sp³-hybridized carbons (Fsp3) is 0.300. The molecule has 1 aromatic rings. The van der Waals surface area contributed by atoms with Crippen molar-refractivity contribution in [2.45, 2.75) is 19.4 Å². The molecule has 0 aliphatic carbocycles. The number of pyridine rings is 1. The van der Waals surface area contributed by atoms with Crippen LogP contribution in [0.5, 0.6) is 0 Å². The minimum Gasteiger partial charge on any atom is -0.285 e.